The number of amides is 2. The number of hydrogen-bond acceptors (Lipinski definition) is 5. The summed E-state index contributed by atoms with van der Waals surface area (Å²) in [6.45, 7) is 3.98. The molecule has 0 unspecified atom stereocenters. The van der Waals surface area contributed by atoms with Gasteiger partial charge in [-0.1, -0.05) is 73.5 Å². The third kappa shape index (κ3) is 9.56. The Morgan fingerprint density at radius 1 is 0.894 bits per heavy atom. The van der Waals surface area contributed by atoms with Crippen LogP contribution >= 0.6 is 11.6 Å². The number of ether oxygens (including phenoxy) is 1. The minimum absolute atomic E-state index is 0.0507. The highest BCUT2D eigenvalue weighted by atomic mass is 35.5. The van der Waals surface area contributed by atoms with Crippen LogP contribution in [0.25, 0.3) is 0 Å². The van der Waals surface area contributed by atoms with Gasteiger partial charge in [-0.25, -0.2) is 12.8 Å². The van der Waals surface area contributed by atoms with Gasteiger partial charge < -0.3 is 15.0 Å². The van der Waals surface area contributed by atoms with Gasteiger partial charge in [0.25, 0.3) is 10.0 Å². The van der Waals surface area contributed by atoms with Gasteiger partial charge in [0.1, 0.15) is 24.2 Å². The van der Waals surface area contributed by atoms with Crippen molar-refractivity contribution in [2.45, 2.75) is 50.6 Å². The van der Waals surface area contributed by atoms with Crippen molar-refractivity contribution in [3.05, 3.63) is 125 Å². The Bertz CT molecular complexity index is 1720. The Hall–Kier alpha value is -4.41. The number of carbonyl (C=O) groups excluding carboxylic acids is 2. The average molecular weight is 680 g/mol. The second-order valence-corrected chi connectivity index (χ2v) is 13.1. The smallest absolute Gasteiger partial charge is 0.264 e. The maximum atomic E-state index is 14.5. The molecule has 1 atom stereocenters. The SMILES string of the molecule is CCCCNC(=O)[C@H](Cc1ccccc1)N(Cc1ccccc1Cl)C(=O)CN(c1ccc(OCC)cc1)S(=O)(=O)c1ccc(F)cc1. The van der Waals surface area contributed by atoms with Crippen molar-refractivity contribution in [3.63, 3.8) is 0 Å². The molecule has 0 spiro atoms. The Labute approximate surface area is 281 Å². The lowest BCUT2D eigenvalue weighted by atomic mass is 10.0. The van der Waals surface area contributed by atoms with Gasteiger partial charge in [-0.2, -0.15) is 0 Å². The molecular weight excluding hydrogens is 641 g/mol. The number of hydrogen-bond donors (Lipinski definition) is 1. The fraction of sp³-hybridized carbons (Fsp3) is 0.278. The fourth-order valence-corrected chi connectivity index (χ4v) is 6.62. The van der Waals surface area contributed by atoms with Crippen LogP contribution < -0.4 is 14.4 Å². The van der Waals surface area contributed by atoms with Gasteiger partial charge in [-0.3, -0.25) is 13.9 Å². The molecule has 4 aromatic rings. The van der Waals surface area contributed by atoms with E-state index in [0.29, 0.717) is 29.5 Å². The molecule has 248 valence electrons. The lowest BCUT2D eigenvalue weighted by molar-refractivity contribution is -0.140. The van der Waals surface area contributed by atoms with E-state index in [2.05, 4.69) is 5.32 Å². The van der Waals surface area contributed by atoms with Crippen LogP contribution in [0.15, 0.2) is 108 Å². The number of anilines is 1. The molecule has 0 radical (unpaired) electrons. The van der Waals surface area contributed by atoms with E-state index in [1.54, 1.807) is 36.4 Å². The molecule has 47 heavy (non-hydrogen) atoms. The summed E-state index contributed by atoms with van der Waals surface area (Å²) in [6, 6.07) is 26.0. The number of rotatable bonds is 16. The van der Waals surface area contributed by atoms with Gasteiger partial charge in [0.15, 0.2) is 0 Å². The highest BCUT2D eigenvalue weighted by Crippen LogP contribution is 2.28. The van der Waals surface area contributed by atoms with Gasteiger partial charge in [-0.15, -0.1) is 0 Å². The van der Waals surface area contributed by atoms with Gasteiger partial charge in [0.05, 0.1) is 17.2 Å². The third-order valence-electron chi connectivity index (χ3n) is 7.52. The maximum Gasteiger partial charge on any atom is 0.264 e. The highest BCUT2D eigenvalue weighted by Gasteiger charge is 2.35. The first-order chi connectivity index (χ1) is 22.6. The third-order valence-corrected chi connectivity index (χ3v) is 9.67. The Morgan fingerprint density at radius 2 is 1.55 bits per heavy atom. The van der Waals surface area contributed by atoms with E-state index in [-0.39, 0.29) is 29.5 Å². The standard InChI is InChI=1S/C36H39ClFN3O5S/c1-3-5-23-39-36(43)34(24-27-11-7-6-8-12-27)40(25-28-13-9-10-14-33(28)37)35(42)26-41(30-17-19-31(20-18-30)46-4-2)47(44,45)32-21-15-29(38)16-22-32/h6-22,34H,3-5,23-26H2,1-2H3,(H,39,43)/t34-/m0/s1. The van der Waals surface area contributed by atoms with Crippen molar-refractivity contribution < 1.29 is 27.1 Å². The van der Waals surface area contributed by atoms with E-state index in [1.807, 2.05) is 44.2 Å². The lowest BCUT2D eigenvalue weighted by Gasteiger charge is -2.34. The van der Waals surface area contributed by atoms with E-state index < -0.39 is 34.3 Å². The number of nitrogens with zero attached hydrogens (tertiary/aromatic N) is 2. The van der Waals surface area contributed by atoms with Crippen molar-refractivity contribution in [2.75, 3.05) is 24.0 Å². The molecule has 0 fully saturated rings. The van der Waals surface area contributed by atoms with Crippen LogP contribution in [-0.2, 0) is 32.6 Å². The zero-order valence-electron chi connectivity index (χ0n) is 26.4. The van der Waals surface area contributed by atoms with Crippen molar-refractivity contribution >= 4 is 39.1 Å². The molecule has 0 aliphatic heterocycles. The van der Waals surface area contributed by atoms with E-state index in [1.165, 1.54) is 17.0 Å². The maximum absolute atomic E-state index is 14.5. The Balaban J connectivity index is 1.80. The normalized spacial score (nSPS) is 11.8. The molecule has 2 amide bonds. The molecule has 0 aliphatic rings. The highest BCUT2D eigenvalue weighted by molar-refractivity contribution is 7.92. The summed E-state index contributed by atoms with van der Waals surface area (Å²) in [5.74, 6) is -1.07. The summed E-state index contributed by atoms with van der Waals surface area (Å²) < 4.78 is 48.5. The number of sulfonamides is 1. The van der Waals surface area contributed by atoms with Crippen LogP contribution in [0, 0.1) is 5.82 Å². The van der Waals surface area contributed by atoms with Gasteiger partial charge in [-0.05, 0) is 79.1 Å². The second kappa shape index (κ2) is 16.9. The number of halogens is 2. The first-order valence-electron chi connectivity index (χ1n) is 15.5. The van der Waals surface area contributed by atoms with Crippen molar-refractivity contribution in [3.8, 4) is 5.75 Å². The summed E-state index contributed by atoms with van der Waals surface area (Å²) in [5, 5.41) is 3.36. The molecule has 0 aliphatic carbocycles. The topological polar surface area (TPSA) is 96.0 Å². The van der Waals surface area contributed by atoms with Crippen LogP contribution in [0.3, 0.4) is 0 Å². The molecular formula is C36H39ClFN3O5S. The molecule has 0 saturated carbocycles. The fourth-order valence-electron chi connectivity index (χ4n) is 5.01. The molecule has 1 N–H and O–H groups in total. The number of carbonyl (C=O) groups is 2. The van der Waals surface area contributed by atoms with Crippen molar-refractivity contribution in [1.82, 2.24) is 10.2 Å². The summed E-state index contributed by atoms with van der Waals surface area (Å²) in [7, 11) is -4.38. The molecule has 0 saturated heterocycles. The first-order valence-corrected chi connectivity index (χ1v) is 17.3. The zero-order valence-corrected chi connectivity index (χ0v) is 28.0. The van der Waals surface area contributed by atoms with E-state index in [0.717, 1.165) is 47.0 Å². The predicted octanol–water partition coefficient (Wildman–Crippen LogP) is 6.63. The second-order valence-electron chi connectivity index (χ2n) is 10.9. The van der Waals surface area contributed by atoms with E-state index >= 15 is 0 Å². The van der Waals surface area contributed by atoms with E-state index in [9.17, 15) is 22.4 Å². The summed E-state index contributed by atoms with van der Waals surface area (Å²) in [4.78, 5) is 29.5. The molecule has 0 bridgehead atoms. The monoisotopic (exact) mass is 679 g/mol. The van der Waals surface area contributed by atoms with Gasteiger partial charge in [0, 0.05) is 24.5 Å². The van der Waals surface area contributed by atoms with Crippen LogP contribution in [0.1, 0.15) is 37.8 Å². The average Bonchev–Trinajstić information content (AvgIpc) is 3.07. The Morgan fingerprint density at radius 3 is 2.19 bits per heavy atom. The minimum atomic E-state index is -4.38. The molecule has 0 heterocycles. The van der Waals surface area contributed by atoms with Gasteiger partial charge in [0.2, 0.25) is 11.8 Å². The molecule has 4 rings (SSSR count). The van der Waals surface area contributed by atoms with Crippen molar-refractivity contribution in [2.24, 2.45) is 0 Å². The quantitative estimate of drug-likeness (QED) is 0.134. The van der Waals surface area contributed by atoms with Gasteiger partial charge >= 0.3 is 0 Å². The number of nitrogens with one attached hydrogen (secondary N) is 1. The number of unbranched alkanes of at least 4 members (excludes halogenated alkanes) is 1. The molecule has 0 aromatic heterocycles. The molecule has 4 aromatic carbocycles. The van der Waals surface area contributed by atoms with E-state index in [4.69, 9.17) is 16.3 Å². The lowest BCUT2D eigenvalue weighted by Crippen LogP contribution is -2.53. The predicted molar refractivity (Wildman–Crippen MR) is 182 cm³/mol. The summed E-state index contributed by atoms with van der Waals surface area (Å²) in [6.07, 6.45) is 1.80. The summed E-state index contributed by atoms with van der Waals surface area (Å²) >= 11 is 6.54. The first kappa shape index (κ1) is 35.4. The van der Waals surface area contributed by atoms with Crippen LogP contribution in [-0.4, -0.2) is 50.9 Å². The largest absolute Gasteiger partial charge is 0.494 e. The van der Waals surface area contributed by atoms with Crippen LogP contribution in [0.4, 0.5) is 10.1 Å². The van der Waals surface area contributed by atoms with Crippen LogP contribution in [0.5, 0.6) is 5.75 Å². The molecule has 8 nitrogen and oxygen atoms in total. The van der Waals surface area contributed by atoms with Crippen molar-refractivity contribution in [1.29, 1.82) is 0 Å². The number of benzene rings is 4. The zero-order chi connectivity index (χ0) is 33.8. The Kier molecular flexibility index (Phi) is 12.8. The molecule has 11 heteroatoms. The summed E-state index contributed by atoms with van der Waals surface area (Å²) in [5.41, 5.74) is 1.61. The van der Waals surface area contributed by atoms with Crippen LogP contribution in [0.2, 0.25) is 5.02 Å². The minimum Gasteiger partial charge on any atom is -0.494 e.